The zero-order valence-corrected chi connectivity index (χ0v) is 13.1. The lowest BCUT2D eigenvalue weighted by atomic mass is 10.1. The summed E-state index contributed by atoms with van der Waals surface area (Å²) in [5.74, 6) is 0.430. The molecular weight excluding hydrogens is 268 g/mol. The summed E-state index contributed by atoms with van der Waals surface area (Å²) in [6.07, 6.45) is 0.151. The average molecular weight is 294 g/mol. The predicted octanol–water partition coefficient (Wildman–Crippen LogP) is 2.40. The number of amides is 2. The van der Waals surface area contributed by atoms with Crippen LogP contribution in [0.1, 0.15) is 26.3 Å². The Balaban J connectivity index is 2.30. The highest BCUT2D eigenvalue weighted by atomic mass is 16.5. The molecule has 0 saturated carbocycles. The number of anilines is 1. The first-order valence-corrected chi connectivity index (χ1v) is 7.41. The molecule has 0 aliphatic carbocycles. The van der Waals surface area contributed by atoms with E-state index in [0.29, 0.717) is 12.5 Å². The van der Waals surface area contributed by atoms with Gasteiger partial charge in [0.2, 0.25) is 0 Å². The molecule has 5 heteroatoms. The number of carbonyl (C=O) groups excluding carboxylic acids is 1. The Morgan fingerprint density at radius 1 is 1.29 bits per heavy atom. The lowest BCUT2D eigenvalue weighted by Crippen LogP contribution is -2.37. The molecule has 118 valence electrons. The minimum atomic E-state index is -0.698. The molecule has 0 aliphatic rings. The van der Waals surface area contributed by atoms with Crippen molar-refractivity contribution in [3.8, 4) is 0 Å². The van der Waals surface area contributed by atoms with Gasteiger partial charge in [0.15, 0.2) is 0 Å². The van der Waals surface area contributed by atoms with Crippen LogP contribution in [0.5, 0.6) is 0 Å². The maximum Gasteiger partial charge on any atom is 0.319 e. The van der Waals surface area contributed by atoms with Crippen LogP contribution in [0.2, 0.25) is 0 Å². The molecular formula is C16H26N2O3. The molecule has 1 aromatic carbocycles. The molecule has 0 bridgehead atoms. The molecule has 3 N–H and O–H groups in total. The van der Waals surface area contributed by atoms with Crippen molar-refractivity contribution in [2.75, 3.05) is 25.1 Å². The number of aryl methyl sites for hydroxylation is 1. The molecule has 21 heavy (non-hydrogen) atoms. The lowest BCUT2D eigenvalue weighted by Gasteiger charge is -2.15. The number of benzene rings is 1. The second kappa shape index (κ2) is 9.37. The van der Waals surface area contributed by atoms with Gasteiger partial charge in [0.25, 0.3) is 0 Å². The molecule has 1 aromatic rings. The Bertz CT molecular complexity index is 435. The van der Waals surface area contributed by atoms with Crippen molar-refractivity contribution in [3.05, 3.63) is 29.8 Å². The second-order valence-corrected chi connectivity index (χ2v) is 5.43. The minimum Gasteiger partial charge on any atom is -0.389 e. The SMILES string of the molecule is CCc1ccccc1NC(=O)NCC(O)COCC(C)C. The fourth-order valence-electron chi connectivity index (χ4n) is 1.83. The second-order valence-electron chi connectivity index (χ2n) is 5.43. The van der Waals surface area contributed by atoms with Crippen LogP contribution in [0.3, 0.4) is 0 Å². The van der Waals surface area contributed by atoms with Gasteiger partial charge in [-0.05, 0) is 24.0 Å². The predicted molar refractivity (Wildman–Crippen MR) is 84.5 cm³/mol. The van der Waals surface area contributed by atoms with Gasteiger partial charge >= 0.3 is 6.03 Å². The van der Waals surface area contributed by atoms with Crippen molar-refractivity contribution < 1.29 is 14.6 Å². The first kappa shape index (κ1) is 17.5. The fourth-order valence-corrected chi connectivity index (χ4v) is 1.83. The first-order valence-electron chi connectivity index (χ1n) is 7.41. The maximum atomic E-state index is 11.8. The van der Waals surface area contributed by atoms with Crippen LogP contribution < -0.4 is 10.6 Å². The summed E-state index contributed by atoms with van der Waals surface area (Å²) < 4.78 is 5.32. The van der Waals surface area contributed by atoms with Gasteiger partial charge in [0, 0.05) is 18.8 Å². The smallest absolute Gasteiger partial charge is 0.319 e. The number of aliphatic hydroxyl groups is 1. The maximum absolute atomic E-state index is 11.8. The molecule has 0 saturated heterocycles. The van der Waals surface area contributed by atoms with Crippen molar-refractivity contribution in [1.29, 1.82) is 0 Å². The third-order valence-electron chi connectivity index (χ3n) is 2.91. The van der Waals surface area contributed by atoms with E-state index in [-0.39, 0.29) is 19.2 Å². The molecule has 1 rings (SSSR count). The largest absolute Gasteiger partial charge is 0.389 e. The molecule has 2 amide bonds. The van der Waals surface area contributed by atoms with Crippen molar-refractivity contribution in [3.63, 3.8) is 0 Å². The van der Waals surface area contributed by atoms with Crippen molar-refractivity contribution in [2.45, 2.75) is 33.3 Å². The zero-order chi connectivity index (χ0) is 15.7. The van der Waals surface area contributed by atoms with Gasteiger partial charge in [-0.25, -0.2) is 4.79 Å². The Morgan fingerprint density at radius 2 is 2.00 bits per heavy atom. The number of urea groups is 1. The van der Waals surface area contributed by atoms with Crippen LogP contribution in [0.15, 0.2) is 24.3 Å². The summed E-state index contributed by atoms with van der Waals surface area (Å²) in [6.45, 7) is 7.12. The number of hydrogen-bond donors (Lipinski definition) is 3. The standard InChI is InChI=1S/C16H26N2O3/c1-4-13-7-5-6-8-15(13)18-16(20)17-9-14(19)11-21-10-12(2)3/h5-8,12,14,19H,4,9-11H2,1-3H3,(H2,17,18,20). The van der Waals surface area contributed by atoms with E-state index in [2.05, 4.69) is 10.6 Å². The normalized spacial score (nSPS) is 12.2. The van der Waals surface area contributed by atoms with Crippen LogP contribution in [-0.2, 0) is 11.2 Å². The highest BCUT2D eigenvalue weighted by Gasteiger charge is 2.09. The molecule has 0 fully saturated rings. The van der Waals surface area contributed by atoms with Crippen molar-refractivity contribution in [1.82, 2.24) is 5.32 Å². The van der Waals surface area contributed by atoms with Gasteiger partial charge in [-0.1, -0.05) is 39.0 Å². The summed E-state index contributed by atoms with van der Waals surface area (Å²) in [6, 6.07) is 7.34. The summed E-state index contributed by atoms with van der Waals surface area (Å²) in [5, 5.41) is 15.1. The van der Waals surface area contributed by atoms with Gasteiger partial charge in [0.1, 0.15) is 0 Å². The van der Waals surface area contributed by atoms with E-state index in [0.717, 1.165) is 17.7 Å². The minimum absolute atomic E-state index is 0.165. The molecule has 0 aliphatic heterocycles. The summed E-state index contributed by atoms with van der Waals surface area (Å²) in [4.78, 5) is 11.8. The van der Waals surface area contributed by atoms with Gasteiger partial charge in [-0.3, -0.25) is 0 Å². The molecule has 5 nitrogen and oxygen atoms in total. The van der Waals surface area contributed by atoms with Gasteiger partial charge < -0.3 is 20.5 Å². The van der Waals surface area contributed by atoms with Gasteiger partial charge in [-0.2, -0.15) is 0 Å². The number of nitrogens with one attached hydrogen (secondary N) is 2. The quantitative estimate of drug-likeness (QED) is 0.689. The van der Waals surface area contributed by atoms with E-state index in [1.807, 2.05) is 45.0 Å². The highest BCUT2D eigenvalue weighted by molar-refractivity contribution is 5.90. The third-order valence-corrected chi connectivity index (χ3v) is 2.91. The topological polar surface area (TPSA) is 70.6 Å². The lowest BCUT2D eigenvalue weighted by molar-refractivity contribution is 0.0274. The van der Waals surface area contributed by atoms with E-state index in [4.69, 9.17) is 4.74 Å². The number of ether oxygens (including phenoxy) is 1. The summed E-state index contributed by atoms with van der Waals surface area (Å²) in [7, 11) is 0. The number of aliphatic hydroxyl groups excluding tert-OH is 1. The zero-order valence-electron chi connectivity index (χ0n) is 13.1. The molecule has 0 aromatic heterocycles. The Labute approximate surface area is 126 Å². The fraction of sp³-hybridized carbons (Fsp3) is 0.562. The number of carbonyl (C=O) groups is 1. The Morgan fingerprint density at radius 3 is 2.67 bits per heavy atom. The highest BCUT2D eigenvalue weighted by Crippen LogP contribution is 2.14. The number of hydrogen-bond acceptors (Lipinski definition) is 3. The third kappa shape index (κ3) is 7.11. The van der Waals surface area contributed by atoms with E-state index in [9.17, 15) is 9.90 Å². The Kier molecular flexibility index (Phi) is 7.79. The van der Waals surface area contributed by atoms with Gasteiger partial charge in [-0.15, -0.1) is 0 Å². The van der Waals surface area contributed by atoms with Crippen LogP contribution in [0.25, 0.3) is 0 Å². The molecule has 1 unspecified atom stereocenters. The van der Waals surface area contributed by atoms with E-state index in [1.165, 1.54) is 0 Å². The van der Waals surface area contributed by atoms with Gasteiger partial charge in [0.05, 0.1) is 12.7 Å². The Hall–Kier alpha value is -1.59. The number of rotatable bonds is 8. The van der Waals surface area contributed by atoms with E-state index >= 15 is 0 Å². The molecule has 0 spiro atoms. The summed E-state index contributed by atoms with van der Waals surface area (Å²) >= 11 is 0. The molecule has 0 radical (unpaired) electrons. The van der Waals surface area contributed by atoms with Crippen LogP contribution in [0.4, 0.5) is 10.5 Å². The van der Waals surface area contributed by atoms with Crippen molar-refractivity contribution >= 4 is 11.7 Å². The van der Waals surface area contributed by atoms with Crippen molar-refractivity contribution in [2.24, 2.45) is 5.92 Å². The monoisotopic (exact) mass is 294 g/mol. The first-order chi connectivity index (χ1) is 10.0. The van der Waals surface area contributed by atoms with Crippen LogP contribution in [-0.4, -0.2) is 37.0 Å². The molecule has 1 atom stereocenters. The van der Waals surface area contributed by atoms with Crippen LogP contribution in [0, 0.1) is 5.92 Å². The number of para-hydroxylation sites is 1. The van der Waals surface area contributed by atoms with Crippen LogP contribution >= 0.6 is 0 Å². The average Bonchev–Trinajstić information content (AvgIpc) is 2.45. The molecule has 0 heterocycles. The van der Waals surface area contributed by atoms with E-state index < -0.39 is 6.10 Å². The van der Waals surface area contributed by atoms with E-state index in [1.54, 1.807) is 0 Å². The summed E-state index contributed by atoms with van der Waals surface area (Å²) in [5.41, 5.74) is 1.87.